The van der Waals surface area contributed by atoms with Gasteiger partial charge in [-0.1, -0.05) is 97.1 Å². The van der Waals surface area contributed by atoms with E-state index in [0.29, 0.717) is 11.1 Å². The number of hydrogen-bond donors (Lipinski definition) is 1. The molecule has 0 unspecified atom stereocenters. The minimum Gasteiger partial charge on any atom is -0.392 e. The second-order valence-corrected chi connectivity index (χ2v) is 12.6. The molecule has 7 rings (SSSR count). The van der Waals surface area contributed by atoms with Crippen LogP contribution in [-0.4, -0.2) is 33.7 Å². The maximum absolute atomic E-state index is 12.9. The lowest BCUT2D eigenvalue weighted by molar-refractivity contribution is -0.245. The zero-order valence-corrected chi connectivity index (χ0v) is 25.9. The number of hydrogen-bond acceptors (Lipinski definition) is 6. The molecule has 0 aromatic heterocycles. The minimum absolute atomic E-state index is 0.00586. The summed E-state index contributed by atoms with van der Waals surface area (Å²) in [6.45, 7) is 0.219. The highest BCUT2D eigenvalue weighted by Crippen LogP contribution is 2.40. The topological polar surface area (TPSA) is 76.1 Å². The molecule has 0 spiro atoms. The Labute approximate surface area is 272 Å². The van der Waals surface area contributed by atoms with Crippen LogP contribution in [0.25, 0.3) is 11.1 Å². The van der Waals surface area contributed by atoms with Gasteiger partial charge in [0.2, 0.25) is 0 Å². The summed E-state index contributed by atoms with van der Waals surface area (Å²) < 4.78 is 13.1. The number of imide groups is 1. The van der Waals surface area contributed by atoms with E-state index in [4.69, 9.17) is 9.47 Å². The molecule has 6 nitrogen and oxygen atoms in total. The number of aliphatic hydroxyl groups excluding tert-OH is 1. The molecular weight excluding hydrogens is 594 g/mol. The number of nitrogens with zero attached hydrogens (tertiary/aromatic N) is 1. The van der Waals surface area contributed by atoms with Crippen molar-refractivity contribution in [2.75, 3.05) is 5.75 Å². The Morgan fingerprint density at radius 3 is 2.04 bits per heavy atom. The van der Waals surface area contributed by atoms with Crippen LogP contribution in [-0.2, 0) is 22.6 Å². The van der Waals surface area contributed by atoms with Gasteiger partial charge in [0, 0.05) is 22.6 Å². The fourth-order valence-corrected chi connectivity index (χ4v) is 6.92. The van der Waals surface area contributed by atoms with E-state index in [-0.39, 0.29) is 37.2 Å². The van der Waals surface area contributed by atoms with Crippen molar-refractivity contribution in [3.8, 4) is 11.1 Å². The van der Waals surface area contributed by atoms with Gasteiger partial charge in [0.05, 0.1) is 36.5 Å². The molecule has 1 saturated heterocycles. The Hall–Kier alpha value is -4.53. The maximum atomic E-state index is 12.9. The molecule has 0 radical (unpaired) electrons. The molecule has 3 atom stereocenters. The molecule has 0 saturated carbocycles. The molecule has 2 aliphatic rings. The molecule has 2 aliphatic heterocycles. The summed E-state index contributed by atoms with van der Waals surface area (Å²) in [7, 11) is 0. The molecule has 0 bridgehead atoms. The molecule has 5 aromatic rings. The SMILES string of the molecule is O=C1c2ccccc2C(=O)N1Cc1cccc(-c2ccc([C@@H]3O[C@H](CSc4ccccc4)C[C@H](c4ccc(CO)cc4)O3)cc2)c1. The lowest BCUT2D eigenvalue weighted by atomic mass is 9.99. The first-order valence-electron chi connectivity index (χ1n) is 15.4. The summed E-state index contributed by atoms with van der Waals surface area (Å²) in [6.07, 6.45) is 0.0236. The Kier molecular flexibility index (Phi) is 8.81. The Morgan fingerprint density at radius 1 is 0.674 bits per heavy atom. The van der Waals surface area contributed by atoms with Crippen LogP contribution in [0.1, 0.15) is 61.8 Å². The summed E-state index contributed by atoms with van der Waals surface area (Å²) in [6, 6.07) is 41.3. The van der Waals surface area contributed by atoms with E-state index < -0.39 is 6.29 Å². The second kappa shape index (κ2) is 13.4. The third kappa shape index (κ3) is 6.41. The molecule has 230 valence electrons. The van der Waals surface area contributed by atoms with Gasteiger partial charge in [-0.05, 0) is 58.1 Å². The van der Waals surface area contributed by atoms with Crippen LogP contribution in [0, 0.1) is 0 Å². The molecular formula is C39H33NO5S. The van der Waals surface area contributed by atoms with Crippen molar-refractivity contribution >= 4 is 23.6 Å². The smallest absolute Gasteiger partial charge is 0.261 e. The van der Waals surface area contributed by atoms with Crippen LogP contribution >= 0.6 is 11.8 Å². The van der Waals surface area contributed by atoms with Crippen LogP contribution < -0.4 is 0 Å². The highest BCUT2D eigenvalue weighted by Gasteiger charge is 2.35. The second-order valence-electron chi connectivity index (χ2n) is 11.5. The van der Waals surface area contributed by atoms with Gasteiger partial charge in [-0.25, -0.2) is 0 Å². The molecule has 2 amide bonds. The molecule has 1 N–H and O–H groups in total. The van der Waals surface area contributed by atoms with Gasteiger partial charge in [0.15, 0.2) is 6.29 Å². The van der Waals surface area contributed by atoms with E-state index in [9.17, 15) is 14.7 Å². The first-order valence-corrected chi connectivity index (χ1v) is 16.4. The van der Waals surface area contributed by atoms with Gasteiger partial charge in [0.1, 0.15) is 0 Å². The van der Waals surface area contributed by atoms with E-state index in [2.05, 4.69) is 24.3 Å². The number of rotatable bonds is 9. The Balaban J connectivity index is 1.08. The van der Waals surface area contributed by atoms with Crippen LogP contribution in [0.3, 0.4) is 0 Å². The number of benzene rings is 5. The number of fused-ring (bicyclic) bond motifs is 1. The molecule has 5 aromatic carbocycles. The van der Waals surface area contributed by atoms with Crippen molar-refractivity contribution in [2.24, 2.45) is 0 Å². The molecule has 1 fully saturated rings. The Bertz CT molecular complexity index is 1810. The number of amides is 2. The zero-order chi connectivity index (χ0) is 31.5. The van der Waals surface area contributed by atoms with Gasteiger partial charge in [-0.3, -0.25) is 14.5 Å². The third-order valence-electron chi connectivity index (χ3n) is 8.46. The van der Waals surface area contributed by atoms with Crippen molar-refractivity contribution in [3.63, 3.8) is 0 Å². The van der Waals surface area contributed by atoms with E-state index in [1.165, 1.54) is 9.80 Å². The lowest BCUT2D eigenvalue weighted by Gasteiger charge is -2.36. The summed E-state index contributed by atoms with van der Waals surface area (Å²) in [5.74, 6) is 0.282. The number of carbonyl (C=O) groups excluding carboxylic acids is 2. The maximum Gasteiger partial charge on any atom is 0.261 e. The summed E-state index contributed by atoms with van der Waals surface area (Å²) >= 11 is 1.78. The van der Waals surface area contributed by atoms with E-state index in [1.54, 1.807) is 36.0 Å². The zero-order valence-electron chi connectivity index (χ0n) is 25.1. The van der Waals surface area contributed by atoms with Crippen molar-refractivity contribution in [2.45, 2.75) is 43.0 Å². The average molecular weight is 628 g/mol. The first kappa shape index (κ1) is 30.1. The average Bonchev–Trinajstić information content (AvgIpc) is 3.36. The lowest BCUT2D eigenvalue weighted by Crippen LogP contribution is -2.31. The van der Waals surface area contributed by atoms with Crippen LogP contribution in [0.15, 0.2) is 132 Å². The predicted octanol–water partition coefficient (Wildman–Crippen LogP) is 7.98. The quantitative estimate of drug-likeness (QED) is 0.132. The summed E-state index contributed by atoms with van der Waals surface area (Å²) in [5, 5.41) is 9.51. The third-order valence-corrected chi connectivity index (χ3v) is 9.60. The molecule has 7 heteroatoms. The minimum atomic E-state index is -0.535. The normalized spacial score (nSPS) is 19.3. The fraction of sp³-hybridized carbons (Fsp3) is 0.179. The van der Waals surface area contributed by atoms with Crippen LogP contribution in [0.2, 0.25) is 0 Å². The Morgan fingerprint density at radius 2 is 1.35 bits per heavy atom. The first-order chi connectivity index (χ1) is 22.6. The number of ether oxygens (including phenoxy) is 2. The van der Waals surface area contributed by atoms with Crippen molar-refractivity contribution < 1.29 is 24.2 Å². The van der Waals surface area contributed by atoms with Gasteiger partial charge in [0.25, 0.3) is 11.8 Å². The van der Waals surface area contributed by atoms with Gasteiger partial charge < -0.3 is 14.6 Å². The number of carbonyl (C=O) groups is 2. The summed E-state index contributed by atoms with van der Waals surface area (Å²) in [5.41, 5.74) is 6.65. The van der Waals surface area contributed by atoms with Crippen LogP contribution in [0.5, 0.6) is 0 Å². The predicted molar refractivity (Wildman–Crippen MR) is 178 cm³/mol. The van der Waals surface area contributed by atoms with Gasteiger partial charge >= 0.3 is 0 Å². The highest BCUT2D eigenvalue weighted by molar-refractivity contribution is 7.99. The number of aliphatic hydroxyl groups is 1. The van der Waals surface area contributed by atoms with E-state index in [0.717, 1.165) is 45.6 Å². The molecule has 0 aliphatic carbocycles. The van der Waals surface area contributed by atoms with Gasteiger partial charge in [-0.15, -0.1) is 11.8 Å². The van der Waals surface area contributed by atoms with E-state index >= 15 is 0 Å². The fourth-order valence-electron chi connectivity index (χ4n) is 5.98. The standard InChI is InChI=1S/C39H33NO5S/c41-24-26-13-15-29(16-14-26)36-22-32(25-46-33-9-2-1-3-10-33)44-39(45-36)30-19-17-28(18-20-30)31-8-6-7-27(21-31)23-40-37(42)34-11-4-5-12-35(34)38(40)43/h1-21,32,36,39,41H,22-25H2/t32-,36+,39+/m0/s1. The van der Waals surface area contributed by atoms with Crippen LogP contribution in [0.4, 0.5) is 0 Å². The highest BCUT2D eigenvalue weighted by atomic mass is 32.2. The monoisotopic (exact) mass is 627 g/mol. The van der Waals surface area contributed by atoms with E-state index in [1.807, 2.05) is 78.9 Å². The van der Waals surface area contributed by atoms with Crippen molar-refractivity contribution in [1.82, 2.24) is 4.90 Å². The van der Waals surface area contributed by atoms with Gasteiger partial charge in [-0.2, -0.15) is 0 Å². The number of thioether (sulfide) groups is 1. The van der Waals surface area contributed by atoms with Crippen molar-refractivity contribution in [3.05, 3.63) is 161 Å². The largest absolute Gasteiger partial charge is 0.392 e. The van der Waals surface area contributed by atoms with Crippen molar-refractivity contribution in [1.29, 1.82) is 0 Å². The summed E-state index contributed by atoms with van der Waals surface area (Å²) in [4.78, 5) is 28.3. The molecule has 46 heavy (non-hydrogen) atoms. The molecule has 2 heterocycles.